The van der Waals surface area contributed by atoms with E-state index in [0.717, 1.165) is 73.5 Å². The third-order valence-electron chi connectivity index (χ3n) is 5.89. The first-order valence-electron chi connectivity index (χ1n) is 12.0. The lowest BCUT2D eigenvalue weighted by molar-refractivity contribution is 0.262. The van der Waals surface area contributed by atoms with Gasteiger partial charge >= 0.3 is 0 Å². The number of anilines is 1. The van der Waals surface area contributed by atoms with Crippen LogP contribution >= 0.6 is 23.1 Å². The van der Waals surface area contributed by atoms with Gasteiger partial charge in [-0.25, -0.2) is 18.1 Å². The Morgan fingerprint density at radius 1 is 1.03 bits per heavy atom. The monoisotopic (exact) mass is 513 g/mol. The molecule has 0 saturated carbocycles. The van der Waals surface area contributed by atoms with E-state index in [-0.39, 0.29) is 5.75 Å². The number of piperazine rings is 1. The Kier molecular flexibility index (Phi) is 10.8. The summed E-state index contributed by atoms with van der Waals surface area (Å²) in [5.41, 5.74) is 1.15. The number of aromatic nitrogens is 2. The van der Waals surface area contributed by atoms with Crippen molar-refractivity contribution in [3.63, 3.8) is 0 Å². The lowest BCUT2D eigenvalue weighted by Crippen LogP contribution is -2.48. The molecule has 1 aliphatic heterocycles. The number of nitrogens with zero attached hydrogens (tertiary/aromatic N) is 4. The second kappa shape index (κ2) is 13.6. The highest BCUT2D eigenvalue weighted by molar-refractivity contribution is 7.89. The zero-order valence-corrected chi connectivity index (χ0v) is 21.9. The van der Waals surface area contributed by atoms with Crippen LogP contribution < -0.4 is 9.62 Å². The second-order valence-corrected chi connectivity index (χ2v) is 11.7. The van der Waals surface area contributed by atoms with E-state index in [2.05, 4.69) is 25.8 Å². The molecule has 1 aliphatic rings. The molecule has 0 aliphatic carbocycles. The molecular weight excluding hydrogens is 478 g/mol. The quantitative estimate of drug-likeness (QED) is 0.382. The van der Waals surface area contributed by atoms with Crippen LogP contribution in [0, 0.1) is 0 Å². The van der Waals surface area contributed by atoms with Crippen molar-refractivity contribution in [2.24, 2.45) is 0 Å². The molecule has 3 rings (SSSR count). The van der Waals surface area contributed by atoms with Crippen LogP contribution in [0.2, 0.25) is 5.02 Å². The minimum Gasteiger partial charge on any atom is -0.344 e. The van der Waals surface area contributed by atoms with Crippen molar-refractivity contribution in [2.45, 2.75) is 51.9 Å². The fourth-order valence-corrected chi connectivity index (χ4v) is 5.89. The highest BCUT2D eigenvalue weighted by atomic mass is 35.5. The third-order valence-corrected chi connectivity index (χ3v) is 8.43. The summed E-state index contributed by atoms with van der Waals surface area (Å²) in [5.74, 6) is 1.07. The van der Waals surface area contributed by atoms with Gasteiger partial charge in [0.25, 0.3) is 0 Å². The molecule has 1 aromatic heterocycles. The zero-order chi connectivity index (χ0) is 23.5. The molecule has 33 heavy (non-hydrogen) atoms. The van der Waals surface area contributed by atoms with E-state index in [9.17, 15) is 8.42 Å². The molecule has 2 heterocycles. The fourth-order valence-electron chi connectivity index (χ4n) is 3.90. The molecule has 1 N–H and O–H groups in total. The average Bonchev–Trinajstić information content (AvgIpc) is 3.26. The van der Waals surface area contributed by atoms with Crippen molar-refractivity contribution in [1.29, 1.82) is 0 Å². The number of halogens is 1. The Balaban J connectivity index is 1.32. The first kappa shape index (κ1) is 26.3. The summed E-state index contributed by atoms with van der Waals surface area (Å²) in [6, 6.07) is 7.78. The SMILES string of the molecule is CCCCCCCCS(=O)(=O)NCCN1CCN(c2nc(Cc3ccc(Cl)cc3)ns2)CC1. The van der Waals surface area contributed by atoms with E-state index in [1.807, 2.05) is 24.3 Å². The number of sulfonamides is 1. The molecule has 0 unspecified atom stereocenters. The van der Waals surface area contributed by atoms with Crippen LogP contribution in [0.25, 0.3) is 0 Å². The van der Waals surface area contributed by atoms with Crippen molar-refractivity contribution >= 4 is 38.3 Å². The molecule has 184 valence electrons. The highest BCUT2D eigenvalue weighted by Gasteiger charge is 2.20. The van der Waals surface area contributed by atoms with Gasteiger partial charge in [0.2, 0.25) is 15.2 Å². The number of hydrogen-bond acceptors (Lipinski definition) is 7. The van der Waals surface area contributed by atoms with Crippen LogP contribution in [0.15, 0.2) is 24.3 Å². The molecule has 0 bridgehead atoms. The van der Waals surface area contributed by atoms with Gasteiger partial charge in [0.05, 0.1) is 5.75 Å². The van der Waals surface area contributed by atoms with Crippen LogP contribution in [0.4, 0.5) is 5.13 Å². The maximum Gasteiger partial charge on any atom is 0.211 e. The third kappa shape index (κ3) is 9.48. The van der Waals surface area contributed by atoms with Gasteiger partial charge in [-0.3, -0.25) is 4.90 Å². The molecular formula is C23H36ClN5O2S2. The molecule has 1 aromatic carbocycles. The van der Waals surface area contributed by atoms with Gasteiger partial charge in [-0.1, -0.05) is 62.8 Å². The standard InChI is InChI=1S/C23H36ClN5O2S2/c1-2-3-4-5-6-7-18-33(30,31)25-12-13-28-14-16-29(17-15-28)23-26-22(27-32-23)19-20-8-10-21(24)11-9-20/h8-11,25H,2-7,12-19H2,1H3. The smallest absolute Gasteiger partial charge is 0.211 e. The zero-order valence-electron chi connectivity index (χ0n) is 19.5. The maximum atomic E-state index is 12.2. The number of nitrogens with one attached hydrogen (secondary N) is 1. The predicted molar refractivity (Wildman–Crippen MR) is 138 cm³/mol. The summed E-state index contributed by atoms with van der Waals surface area (Å²) in [6.07, 6.45) is 7.23. The van der Waals surface area contributed by atoms with E-state index in [0.29, 0.717) is 13.0 Å². The molecule has 2 aromatic rings. The lowest BCUT2D eigenvalue weighted by Gasteiger charge is -2.34. The summed E-state index contributed by atoms with van der Waals surface area (Å²) >= 11 is 7.39. The van der Waals surface area contributed by atoms with Gasteiger partial charge in [-0.2, -0.15) is 4.37 Å². The topological polar surface area (TPSA) is 78.4 Å². The van der Waals surface area contributed by atoms with Gasteiger partial charge < -0.3 is 4.90 Å². The van der Waals surface area contributed by atoms with Crippen LogP contribution in [-0.2, 0) is 16.4 Å². The largest absolute Gasteiger partial charge is 0.344 e. The second-order valence-electron chi connectivity index (χ2n) is 8.61. The van der Waals surface area contributed by atoms with Crippen LogP contribution in [0.5, 0.6) is 0 Å². The summed E-state index contributed by atoms with van der Waals surface area (Å²) < 4.78 is 31.7. The minimum absolute atomic E-state index is 0.238. The van der Waals surface area contributed by atoms with Gasteiger partial charge in [0, 0.05) is 62.2 Å². The molecule has 7 nitrogen and oxygen atoms in total. The number of hydrogen-bond donors (Lipinski definition) is 1. The van der Waals surface area contributed by atoms with Gasteiger partial charge in [0.1, 0.15) is 5.82 Å². The van der Waals surface area contributed by atoms with Crippen molar-refractivity contribution < 1.29 is 8.42 Å². The van der Waals surface area contributed by atoms with Crippen molar-refractivity contribution in [3.8, 4) is 0 Å². The Morgan fingerprint density at radius 2 is 1.73 bits per heavy atom. The van der Waals surface area contributed by atoms with Gasteiger partial charge in [-0.05, 0) is 24.1 Å². The molecule has 1 saturated heterocycles. The van der Waals surface area contributed by atoms with E-state index >= 15 is 0 Å². The van der Waals surface area contributed by atoms with Crippen LogP contribution in [0.1, 0.15) is 56.8 Å². The Hall–Kier alpha value is -1.26. The van der Waals surface area contributed by atoms with Crippen molar-refractivity contribution in [2.75, 3.05) is 49.9 Å². The van der Waals surface area contributed by atoms with Crippen LogP contribution in [-0.4, -0.2) is 67.7 Å². The highest BCUT2D eigenvalue weighted by Crippen LogP contribution is 2.21. The Labute approximate surface area is 207 Å². The molecule has 10 heteroatoms. The fraction of sp³-hybridized carbons (Fsp3) is 0.652. The van der Waals surface area contributed by atoms with Gasteiger partial charge in [0.15, 0.2) is 0 Å². The Morgan fingerprint density at radius 3 is 2.45 bits per heavy atom. The van der Waals surface area contributed by atoms with E-state index in [4.69, 9.17) is 16.6 Å². The minimum atomic E-state index is -3.17. The molecule has 1 fully saturated rings. The van der Waals surface area contributed by atoms with Crippen molar-refractivity contribution in [1.82, 2.24) is 19.0 Å². The van der Waals surface area contributed by atoms with Crippen molar-refractivity contribution in [3.05, 3.63) is 40.7 Å². The van der Waals surface area contributed by atoms with Crippen LogP contribution in [0.3, 0.4) is 0 Å². The molecule has 0 atom stereocenters. The first-order chi connectivity index (χ1) is 15.9. The average molecular weight is 514 g/mol. The normalized spacial score (nSPS) is 15.3. The summed E-state index contributed by atoms with van der Waals surface area (Å²) in [7, 11) is -3.17. The molecule has 0 radical (unpaired) electrons. The Bertz CT molecular complexity index is 929. The maximum absolute atomic E-state index is 12.2. The number of benzene rings is 1. The first-order valence-corrected chi connectivity index (χ1v) is 14.8. The van der Waals surface area contributed by atoms with Gasteiger partial charge in [-0.15, -0.1) is 0 Å². The van der Waals surface area contributed by atoms with E-state index in [1.54, 1.807) is 0 Å². The summed E-state index contributed by atoms with van der Waals surface area (Å²) in [6.45, 7) is 6.94. The number of rotatable bonds is 14. The van der Waals surface area contributed by atoms with E-state index in [1.165, 1.54) is 30.8 Å². The lowest BCUT2D eigenvalue weighted by atomic mass is 10.1. The predicted octanol–water partition coefficient (Wildman–Crippen LogP) is 4.18. The summed E-state index contributed by atoms with van der Waals surface area (Å²) in [4.78, 5) is 9.28. The van der Waals surface area contributed by atoms with E-state index < -0.39 is 10.0 Å². The molecule has 0 amide bonds. The number of unbranched alkanes of at least 4 members (excludes halogenated alkanes) is 5. The molecule has 0 spiro atoms. The summed E-state index contributed by atoms with van der Waals surface area (Å²) in [5, 5.41) is 1.69.